The van der Waals surface area contributed by atoms with Gasteiger partial charge in [-0.2, -0.15) is 0 Å². The minimum Gasteiger partial charge on any atom is -0.354 e. The highest BCUT2D eigenvalue weighted by molar-refractivity contribution is 5.91. The number of halogens is 1. The van der Waals surface area contributed by atoms with Gasteiger partial charge in [-0.25, -0.2) is 0 Å². The van der Waals surface area contributed by atoms with Crippen LogP contribution in [0.15, 0.2) is 30.3 Å². The molecule has 0 aromatic heterocycles. The minimum absolute atomic E-state index is 0. The van der Waals surface area contributed by atoms with Crippen molar-refractivity contribution in [1.29, 1.82) is 0 Å². The third-order valence-corrected chi connectivity index (χ3v) is 3.53. The molecule has 0 saturated heterocycles. The van der Waals surface area contributed by atoms with E-state index in [0.717, 1.165) is 37.9 Å². The van der Waals surface area contributed by atoms with E-state index in [2.05, 4.69) is 29.7 Å². The number of rotatable bonds is 7. The summed E-state index contributed by atoms with van der Waals surface area (Å²) in [4.78, 5) is 12.2. The maximum Gasteiger partial charge on any atom is 0.230 e. The number of hydrogen-bond donors (Lipinski definition) is 2. The molecule has 1 aromatic rings. The molecule has 0 atom stereocenters. The Morgan fingerprint density at radius 3 is 2.42 bits per heavy atom. The summed E-state index contributed by atoms with van der Waals surface area (Å²) in [5.74, 6) is 0.187. The van der Waals surface area contributed by atoms with E-state index in [-0.39, 0.29) is 23.7 Å². The van der Waals surface area contributed by atoms with Crippen LogP contribution in [0, 0.1) is 0 Å². The predicted octanol–water partition coefficient (Wildman–Crippen LogP) is 2.26. The average molecular weight is 283 g/mol. The maximum atomic E-state index is 12.2. The highest BCUT2D eigenvalue weighted by Gasteiger charge is 2.50. The summed E-state index contributed by atoms with van der Waals surface area (Å²) in [7, 11) is 0. The van der Waals surface area contributed by atoms with Crippen LogP contribution in [0.3, 0.4) is 0 Å². The van der Waals surface area contributed by atoms with Crippen molar-refractivity contribution in [1.82, 2.24) is 10.6 Å². The van der Waals surface area contributed by atoms with Gasteiger partial charge >= 0.3 is 0 Å². The Labute approximate surface area is 121 Å². The second-order valence-corrected chi connectivity index (χ2v) is 4.95. The molecular formula is C15H23ClN2O. The van der Waals surface area contributed by atoms with Gasteiger partial charge in [0.25, 0.3) is 0 Å². The van der Waals surface area contributed by atoms with E-state index in [1.807, 2.05) is 18.2 Å². The fourth-order valence-electron chi connectivity index (χ4n) is 2.26. The maximum absolute atomic E-state index is 12.2. The van der Waals surface area contributed by atoms with Crippen molar-refractivity contribution >= 4 is 18.3 Å². The van der Waals surface area contributed by atoms with Gasteiger partial charge in [-0.1, -0.05) is 37.3 Å². The summed E-state index contributed by atoms with van der Waals surface area (Å²) < 4.78 is 0. The normalized spacial score (nSPS) is 15.4. The van der Waals surface area contributed by atoms with Crippen LogP contribution >= 0.6 is 12.4 Å². The van der Waals surface area contributed by atoms with Crippen molar-refractivity contribution in [3.8, 4) is 0 Å². The third kappa shape index (κ3) is 3.95. The zero-order valence-electron chi connectivity index (χ0n) is 11.4. The van der Waals surface area contributed by atoms with Crippen LogP contribution in [0.5, 0.6) is 0 Å². The lowest BCUT2D eigenvalue weighted by Crippen LogP contribution is -2.38. The van der Waals surface area contributed by atoms with E-state index in [4.69, 9.17) is 0 Å². The zero-order chi connectivity index (χ0) is 12.8. The molecule has 0 unspecified atom stereocenters. The quantitative estimate of drug-likeness (QED) is 0.753. The Morgan fingerprint density at radius 2 is 1.84 bits per heavy atom. The first-order valence-electron chi connectivity index (χ1n) is 6.84. The van der Waals surface area contributed by atoms with Gasteiger partial charge in [-0.3, -0.25) is 4.79 Å². The third-order valence-electron chi connectivity index (χ3n) is 3.53. The van der Waals surface area contributed by atoms with Crippen molar-refractivity contribution < 1.29 is 4.79 Å². The van der Waals surface area contributed by atoms with Gasteiger partial charge in [0.15, 0.2) is 0 Å². The summed E-state index contributed by atoms with van der Waals surface area (Å²) in [6.07, 6.45) is 3.08. The minimum atomic E-state index is -0.230. The molecule has 1 amide bonds. The molecule has 3 nitrogen and oxygen atoms in total. The molecule has 0 heterocycles. The van der Waals surface area contributed by atoms with Gasteiger partial charge in [-0.15, -0.1) is 12.4 Å². The average Bonchev–Trinajstić information content (AvgIpc) is 3.21. The molecule has 0 bridgehead atoms. The zero-order valence-corrected chi connectivity index (χ0v) is 12.3. The molecule has 1 aromatic carbocycles. The van der Waals surface area contributed by atoms with E-state index in [1.54, 1.807) is 0 Å². The molecular weight excluding hydrogens is 260 g/mol. The standard InChI is InChI=1S/C15H22N2O.ClH/c1-2-10-16-11-12-17-14(18)15(8-9-15)13-6-4-3-5-7-13;/h3-7,16H,2,8-12H2,1H3,(H,17,18);1H. The van der Waals surface area contributed by atoms with Crippen LogP contribution in [0.2, 0.25) is 0 Å². The number of nitrogens with one attached hydrogen (secondary N) is 2. The molecule has 1 saturated carbocycles. The molecule has 0 aliphatic heterocycles. The number of carbonyl (C=O) groups excluding carboxylic acids is 1. The van der Waals surface area contributed by atoms with E-state index in [0.29, 0.717) is 6.54 Å². The molecule has 2 N–H and O–H groups in total. The molecule has 106 valence electrons. The monoisotopic (exact) mass is 282 g/mol. The van der Waals surface area contributed by atoms with E-state index in [1.165, 1.54) is 0 Å². The van der Waals surface area contributed by atoms with Gasteiger partial charge < -0.3 is 10.6 Å². The van der Waals surface area contributed by atoms with Gasteiger partial charge in [0.05, 0.1) is 5.41 Å². The Morgan fingerprint density at radius 1 is 1.16 bits per heavy atom. The molecule has 1 aliphatic rings. The molecule has 0 radical (unpaired) electrons. The number of amides is 1. The van der Waals surface area contributed by atoms with Crippen LogP contribution in [0.1, 0.15) is 31.7 Å². The first-order valence-corrected chi connectivity index (χ1v) is 6.84. The molecule has 4 heteroatoms. The first-order chi connectivity index (χ1) is 8.79. The second kappa shape index (κ2) is 7.51. The van der Waals surface area contributed by atoms with Crippen molar-refractivity contribution in [2.45, 2.75) is 31.6 Å². The summed E-state index contributed by atoms with van der Waals surface area (Å²) in [6, 6.07) is 10.1. The Balaban J connectivity index is 0.00000180. The molecule has 19 heavy (non-hydrogen) atoms. The first kappa shape index (κ1) is 16.0. The number of hydrogen-bond acceptors (Lipinski definition) is 2. The lowest BCUT2D eigenvalue weighted by Gasteiger charge is -2.15. The van der Waals surface area contributed by atoms with Crippen LogP contribution in [0.4, 0.5) is 0 Å². The van der Waals surface area contributed by atoms with Crippen molar-refractivity contribution in [3.63, 3.8) is 0 Å². The van der Waals surface area contributed by atoms with Crippen LogP contribution < -0.4 is 10.6 Å². The van der Waals surface area contributed by atoms with Gasteiger partial charge in [-0.05, 0) is 31.4 Å². The smallest absolute Gasteiger partial charge is 0.230 e. The van der Waals surface area contributed by atoms with Crippen LogP contribution in [-0.4, -0.2) is 25.5 Å². The predicted molar refractivity (Wildman–Crippen MR) is 80.8 cm³/mol. The second-order valence-electron chi connectivity index (χ2n) is 4.95. The van der Waals surface area contributed by atoms with Gasteiger partial charge in [0.2, 0.25) is 5.91 Å². The molecule has 1 aliphatic carbocycles. The van der Waals surface area contributed by atoms with E-state index < -0.39 is 0 Å². The Hall–Kier alpha value is -1.06. The summed E-state index contributed by atoms with van der Waals surface area (Å²) in [5.41, 5.74) is 0.926. The summed E-state index contributed by atoms with van der Waals surface area (Å²) in [6.45, 7) is 4.72. The van der Waals surface area contributed by atoms with Crippen LogP contribution in [0.25, 0.3) is 0 Å². The lowest BCUT2D eigenvalue weighted by molar-refractivity contribution is -0.123. The largest absolute Gasteiger partial charge is 0.354 e. The Bertz CT molecular complexity index is 390. The molecule has 0 spiro atoms. The topological polar surface area (TPSA) is 41.1 Å². The van der Waals surface area contributed by atoms with Crippen molar-refractivity contribution in [3.05, 3.63) is 35.9 Å². The lowest BCUT2D eigenvalue weighted by atomic mass is 9.95. The molecule has 2 rings (SSSR count). The number of benzene rings is 1. The number of carbonyl (C=O) groups is 1. The Kier molecular flexibility index (Phi) is 6.32. The van der Waals surface area contributed by atoms with Crippen LogP contribution in [-0.2, 0) is 10.2 Å². The SMILES string of the molecule is CCCNCCNC(=O)C1(c2ccccc2)CC1.Cl. The highest BCUT2D eigenvalue weighted by atomic mass is 35.5. The highest BCUT2D eigenvalue weighted by Crippen LogP contribution is 2.48. The van der Waals surface area contributed by atoms with Crippen molar-refractivity contribution in [2.24, 2.45) is 0 Å². The van der Waals surface area contributed by atoms with Crippen molar-refractivity contribution in [2.75, 3.05) is 19.6 Å². The summed E-state index contributed by atoms with van der Waals surface area (Å²) >= 11 is 0. The summed E-state index contributed by atoms with van der Waals surface area (Å²) in [5, 5.41) is 6.33. The fraction of sp³-hybridized carbons (Fsp3) is 0.533. The van der Waals surface area contributed by atoms with E-state index in [9.17, 15) is 4.79 Å². The van der Waals surface area contributed by atoms with Gasteiger partial charge in [0.1, 0.15) is 0 Å². The van der Waals surface area contributed by atoms with Gasteiger partial charge in [0, 0.05) is 13.1 Å². The fourth-order valence-corrected chi connectivity index (χ4v) is 2.26. The van der Waals surface area contributed by atoms with E-state index >= 15 is 0 Å². The molecule has 1 fully saturated rings.